The maximum Gasteiger partial charge on any atom is 0.240 e. The fourth-order valence-electron chi connectivity index (χ4n) is 3.52. The van der Waals surface area contributed by atoms with Gasteiger partial charge >= 0.3 is 0 Å². The van der Waals surface area contributed by atoms with Gasteiger partial charge in [-0.05, 0) is 51.8 Å². The predicted octanol–water partition coefficient (Wildman–Crippen LogP) is 1.36. The average Bonchev–Trinajstić information content (AvgIpc) is 3.10. The molecule has 0 unspecified atom stereocenters. The fraction of sp³-hybridized carbons (Fsp3) is 0.733. The lowest BCUT2D eigenvalue weighted by atomic mass is 10.0. The first-order valence-electron chi connectivity index (χ1n) is 7.74. The highest BCUT2D eigenvalue weighted by molar-refractivity contribution is 5.82. The normalized spacial score (nSPS) is 27.9. The van der Waals surface area contributed by atoms with Crippen LogP contribution in [0.1, 0.15) is 32.1 Å². The number of carbonyl (C=O) groups excluding carboxylic acids is 1. The average molecular weight is 276 g/mol. The van der Waals surface area contributed by atoms with Gasteiger partial charge in [0, 0.05) is 18.9 Å². The van der Waals surface area contributed by atoms with Crippen LogP contribution in [0, 0.1) is 0 Å². The summed E-state index contributed by atoms with van der Waals surface area (Å²) in [6.45, 7) is 2.79. The number of piperidine rings is 1. The Balaban J connectivity index is 1.69. The van der Waals surface area contributed by atoms with Crippen LogP contribution in [-0.2, 0) is 11.3 Å². The molecular formula is C15H24N4O. The Kier molecular flexibility index (Phi) is 4.05. The standard InChI is InChI=1S/C15H24N4O/c1-17-9-4-7-14(17)15(20)19-11-3-2-6-13(19)12-18-10-5-8-16-18/h5,8,10,13-14H,2-4,6-7,9,11-12H2,1H3/t13-,14-/m1/s1. The summed E-state index contributed by atoms with van der Waals surface area (Å²) in [7, 11) is 2.07. The van der Waals surface area contributed by atoms with Crippen molar-refractivity contribution < 1.29 is 4.79 Å². The van der Waals surface area contributed by atoms with Crippen molar-refractivity contribution in [2.75, 3.05) is 20.1 Å². The lowest BCUT2D eigenvalue weighted by Crippen LogP contribution is -2.52. The lowest BCUT2D eigenvalue weighted by Gasteiger charge is -2.38. The van der Waals surface area contributed by atoms with Crippen molar-refractivity contribution in [2.45, 2.75) is 50.7 Å². The number of likely N-dealkylation sites (tertiary alicyclic amines) is 2. The first-order valence-corrected chi connectivity index (χ1v) is 7.74. The van der Waals surface area contributed by atoms with Crippen LogP contribution in [-0.4, -0.2) is 57.7 Å². The highest BCUT2D eigenvalue weighted by Gasteiger charge is 2.35. The smallest absolute Gasteiger partial charge is 0.240 e. The molecule has 20 heavy (non-hydrogen) atoms. The van der Waals surface area contributed by atoms with Crippen molar-refractivity contribution in [3.63, 3.8) is 0 Å². The van der Waals surface area contributed by atoms with Crippen LogP contribution in [0.15, 0.2) is 18.5 Å². The minimum Gasteiger partial charge on any atom is -0.336 e. The van der Waals surface area contributed by atoms with Gasteiger partial charge in [0.25, 0.3) is 0 Å². The molecule has 0 spiro atoms. The van der Waals surface area contributed by atoms with Crippen LogP contribution < -0.4 is 0 Å². The topological polar surface area (TPSA) is 41.4 Å². The fourth-order valence-corrected chi connectivity index (χ4v) is 3.52. The molecule has 2 aliphatic rings. The van der Waals surface area contributed by atoms with E-state index in [0.717, 1.165) is 45.3 Å². The first kappa shape index (κ1) is 13.6. The van der Waals surface area contributed by atoms with Gasteiger partial charge in [0.05, 0.1) is 18.6 Å². The molecule has 1 amide bonds. The van der Waals surface area contributed by atoms with Gasteiger partial charge in [0.15, 0.2) is 0 Å². The van der Waals surface area contributed by atoms with E-state index >= 15 is 0 Å². The molecule has 0 radical (unpaired) electrons. The van der Waals surface area contributed by atoms with Crippen LogP contribution in [0.4, 0.5) is 0 Å². The Labute approximate surface area is 120 Å². The Bertz CT molecular complexity index is 445. The maximum atomic E-state index is 12.8. The van der Waals surface area contributed by atoms with Gasteiger partial charge in [-0.2, -0.15) is 5.10 Å². The number of amides is 1. The Morgan fingerprint density at radius 1 is 1.25 bits per heavy atom. The minimum atomic E-state index is 0.105. The van der Waals surface area contributed by atoms with Crippen LogP contribution >= 0.6 is 0 Å². The minimum absolute atomic E-state index is 0.105. The van der Waals surface area contributed by atoms with Gasteiger partial charge in [-0.3, -0.25) is 14.4 Å². The van der Waals surface area contributed by atoms with Crippen LogP contribution in [0.3, 0.4) is 0 Å². The molecule has 5 heteroatoms. The lowest BCUT2D eigenvalue weighted by molar-refractivity contribution is -0.139. The van der Waals surface area contributed by atoms with E-state index in [1.165, 1.54) is 6.42 Å². The summed E-state index contributed by atoms with van der Waals surface area (Å²) in [6.07, 6.45) is 9.40. The quantitative estimate of drug-likeness (QED) is 0.837. The van der Waals surface area contributed by atoms with E-state index in [9.17, 15) is 4.79 Å². The second-order valence-electron chi connectivity index (χ2n) is 6.05. The van der Waals surface area contributed by atoms with Gasteiger partial charge in [0.1, 0.15) is 0 Å². The zero-order valence-electron chi connectivity index (χ0n) is 12.2. The highest BCUT2D eigenvalue weighted by atomic mass is 16.2. The van der Waals surface area contributed by atoms with E-state index in [4.69, 9.17) is 0 Å². The van der Waals surface area contributed by atoms with Crippen LogP contribution in [0.2, 0.25) is 0 Å². The summed E-state index contributed by atoms with van der Waals surface area (Å²) in [6, 6.07) is 2.36. The van der Waals surface area contributed by atoms with Gasteiger partial charge in [-0.1, -0.05) is 0 Å². The van der Waals surface area contributed by atoms with Gasteiger partial charge in [0.2, 0.25) is 5.91 Å². The first-order chi connectivity index (χ1) is 9.75. The number of rotatable bonds is 3. The van der Waals surface area contributed by atoms with Crippen LogP contribution in [0.25, 0.3) is 0 Å². The molecule has 2 atom stereocenters. The van der Waals surface area contributed by atoms with E-state index in [2.05, 4.69) is 21.9 Å². The summed E-state index contributed by atoms with van der Waals surface area (Å²) in [4.78, 5) is 17.1. The molecule has 110 valence electrons. The molecular weight excluding hydrogens is 252 g/mol. The molecule has 2 aliphatic heterocycles. The third kappa shape index (κ3) is 2.73. The van der Waals surface area contributed by atoms with E-state index in [1.807, 2.05) is 16.9 Å². The number of nitrogens with zero attached hydrogens (tertiary/aromatic N) is 4. The number of aromatic nitrogens is 2. The van der Waals surface area contributed by atoms with Crippen LogP contribution in [0.5, 0.6) is 0 Å². The van der Waals surface area contributed by atoms with E-state index < -0.39 is 0 Å². The third-order valence-electron chi connectivity index (χ3n) is 4.67. The van der Waals surface area contributed by atoms with E-state index in [1.54, 1.807) is 6.20 Å². The molecule has 2 fully saturated rings. The van der Waals surface area contributed by atoms with Gasteiger partial charge in [-0.15, -0.1) is 0 Å². The molecule has 3 rings (SSSR count). The zero-order chi connectivity index (χ0) is 13.9. The molecule has 2 saturated heterocycles. The van der Waals surface area contributed by atoms with Gasteiger partial charge in [-0.25, -0.2) is 0 Å². The molecule has 0 aromatic carbocycles. The second kappa shape index (κ2) is 5.95. The van der Waals surface area contributed by atoms with Crippen molar-refractivity contribution in [1.29, 1.82) is 0 Å². The Morgan fingerprint density at radius 3 is 2.85 bits per heavy atom. The van der Waals surface area contributed by atoms with Gasteiger partial charge < -0.3 is 4.90 Å². The molecule has 0 bridgehead atoms. The predicted molar refractivity (Wildman–Crippen MR) is 77.2 cm³/mol. The highest BCUT2D eigenvalue weighted by Crippen LogP contribution is 2.24. The molecule has 5 nitrogen and oxygen atoms in total. The zero-order valence-corrected chi connectivity index (χ0v) is 12.2. The molecule has 0 N–H and O–H groups in total. The summed E-state index contributed by atoms with van der Waals surface area (Å²) in [5, 5.41) is 4.28. The summed E-state index contributed by atoms with van der Waals surface area (Å²) in [5.41, 5.74) is 0. The number of likely N-dealkylation sites (N-methyl/N-ethyl adjacent to an activating group) is 1. The summed E-state index contributed by atoms with van der Waals surface area (Å²) < 4.78 is 1.95. The van der Waals surface area contributed by atoms with E-state index in [0.29, 0.717) is 11.9 Å². The van der Waals surface area contributed by atoms with Crippen molar-refractivity contribution in [2.24, 2.45) is 0 Å². The van der Waals surface area contributed by atoms with Crippen molar-refractivity contribution in [3.05, 3.63) is 18.5 Å². The summed E-state index contributed by atoms with van der Waals surface area (Å²) >= 11 is 0. The molecule has 1 aromatic rings. The number of hydrogen-bond donors (Lipinski definition) is 0. The second-order valence-corrected chi connectivity index (χ2v) is 6.05. The molecule has 3 heterocycles. The Hall–Kier alpha value is -1.36. The third-order valence-corrected chi connectivity index (χ3v) is 4.67. The van der Waals surface area contributed by atoms with E-state index in [-0.39, 0.29) is 6.04 Å². The maximum absolute atomic E-state index is 12.8. The summed E-state index contributed by atoms with van der Waals surface area (Å²) in [5.74, 6) is 0.335. The van der Waals surface area contributed by atoms with Crippen molar-refractivity contribution >= 4 is 5.91 Å². The Morgan fingerprint density at radius 2 is 2.15 bits per heavy atom. The molecule has 0 saturated carbocycles. The molecule has 0 aliphatic carbocycles. The van der Waals surface area contributed by atoms with Crippen molar-refractivity contribution in [3.8, 4) is 0 Å². The molecule has 1 aromatic heterocycles. The SMILES string of the molecule is CN1CCC[C@@H]1C(=O)N1CCCC[C@@H]1Cn1cccn1. The monoisotopic (exact) mass is 276 g/mol. The largest absolute Gasteiger partial charge is 0.336 e. The number of hydrogen-bond acceptors (Lipinski definition) is 3. The van der Waals surface area contributed by atoms with Crippen molar-refractivity contribution in [1.82, 2.24) is 19.6 Å². The number of carbonyl (C=O) groups is 1.